The molecule has 3 heteroatoms. The van der Waals surface area contributed by atoms with E-state index in [1.165, 1.54) is 10.4 Å². The second-order valence-electron chi connectivity index (χ2n) is 4.59. The molecule has 18 heavy (non-hydrogen) atoms. The zero-order valence-corrected chi connectivity index (χ0v) is 12.1. The summed E-state index contributed by atoms with van der Waals surface area (Å²) < 4.78 is 0. The van der Waals surface area contributed by atoms with Crippen molar-refractivity contribution in [2.24, 2.45) is 0 Å². The SMILES string of the molecule is CCCNC(c1cc(C)nc(C)c1)c1cccs1. The fourth-order valence-electron chi connectivity index (χ4n) is 2.16. The van der Waals surface area contributed by atoms with Crippen molar-refractivity contribution >= 4 is 11.3 Å². The second kappa shape index (κ2) is 6.12. The van der Waals surface area contributed by atoms with Gasteiger partial charge < -0.3 is 5.32 Å². The van der Waals surface area contributed by atoms with Crippen molar-refractivity contribution in [1.29, 1.82) is 0 Å². The number of aryl methyl sites for hydroxylation is 2. The van der Waals surface area contributed by atoms with E-state index < -0.39 is 0 Å². The zero-order valence-electron chi connectivity index (χ0n) is 11.2. The first kappa shape index (κ1) is 13.2. The maximum absolute atomic E-state index is 4.45. The second-order valence-corrected chi connectivity index (χ2v) is 5.57. The summed E-state index contributed by atoms with van der Waals surface area (Å²) in [6.45, 7) is 7.34. The average molecular weight is 260 g/mol. The smallest absolute Gasteiger partial charge is 0.0672 e. The van der Waals surface area contributed by atoms with Crippen molar-refractivity contribution in [2.45, 2.75) is 33.2 Å². The molecule has 2 nitrogen and oxygen atoms in total. The van der Waals surface area contributed by atoms with Crippen LogP contribution in [0.25, 0.3) is 0 Å². The first-order chi connectivity index (χ1) is 8.70. The van der Waals surface area contributed by atoms with Crippen LogP contribution in [-0.4, -0.2) is 11.5 Å². The van der Waals surface area contributed by atoms with Crippen LogP contribution in [0, 0.1) is 13.8 Å². The van der Waals surface area contributed by atoms with Gasteiger partial charge in [-0.05, 0) is 56.0 Å². The molecule has 0 saturated carbocycles. The minimum atomic E-state index is 0.297. The summed E-state index contributed by atoms with van der Waals surface area (Å²) in [7, 11) is 0. The first-order valence-electron chi connectivity index (χ1n) is 6.42. The Morgan fingerprint density at radius 1 is 1.28 bits per heavy atom. The van der Waals surface area contributed by atoms with E-state index in [1.807, 2.05) is 0 Å². The van der Waals surface area contributed by atoms with Gasteiger partial charge in [-0.3, -0.25) is 4.98 Å². The number of aromatic nitrogens is 1. The van der Waals surface area contributed by atoms with Gasteiger partial charge in [-0.2, -0.15) is 0 Å². The standard InChI is InChI=1S/C15H20N2S/c1-4-7-16-15(14-6-5-8-18-14)13-9-11(2)17-12(3)10-13/h5-6,8-10,15-16H,4,7H2,1-3H3. The summed E-state index contributed by atoms with van der Waals surface area (Å²) in [5, 5.41) is 5.76. The Morgan fingerprint density at radius 3 is 2.56 bits per heavy atom. The molecule has 0 aliphatic carbocycles. The highest BCUT2D eigenvalue weighted by molar-refractivity contribution is 7.10. The van der Waals surface area contributed by atoms with Crippen LogP contribution in [0.15, 0.2) is 29.6 Å². The van der Waals surface area contributed by atoms with Crippen LogP contribution < -0.4 is 5.32 Å². The van der Waals surface area contributed by atoms with E-state index in [0.717, 1.165) is 24.4 Å². The van der Waals surface area contributed by atoms with E-state index in [0.29, 0.717) is 6.04 Å². The Balaban J connectivity index is 2.33. The third-order valence-corrected chi connectivity index (χ3v) is 3.80. The molecule has 0 saturated heterocycles. The molecule has 0 spiro atoms. The molecule has 0 aliphatic heterocycles. The molecular weight excluding hydrogens is 240 g/mol. The number of nitrogens with one attached hydrogen (secondary N) is 1. The Bertz CT molecular complexity index is 471. The van der Waals surface area contributed by atoms with E-state index in [9.17, 15) is 0 Å². The van der Waals surface area contributed by atoms with Gasteiger partial charge in [0.1, 0.15) is 0 Å². The minimum absolute atomic E-state index is 0.297. The molecule has 0 aromatic carbocycles. The third kappa shape index (κ3) is 3.18. The molecule has 2 rings (SSSR count). The summed E-state index contributed by atoms with van der Waals surface area (Å²) in [5.74, 6) is 0. The number of thiophene rings is 1. The van der Waals surface area contributed by atoms with Crippen molar-refractivity contribution < 1.29 is 0 Å². The van der Waals surface area contributed by atoms with Crippen LogP contribution in [0.5, 0.6) is 0 Å². The quantitative estimate of drug-likeness (QED) is 0.883. The van der Waals surface area contributed by atoms with Gasteiger partial charge in [0.25, 0.3) is 0 Å². The van der Waals surface area contributed by atoms with Crippen molar-refractivity contribution in [2.75, 3.05) is 6.54 Å². The highest BCUT2D eigenvalue weighted by Crippen LogP contribution is 2.26. The van der Waals surface area contributed by atoms with E-state index >= 15 is 0 Å². The van der Waals surface area contributed by atoms with Crippen molar-refractivity contribution in [1.82, 2.24) is 10.3 Å². The summed E-state index contributed by atoms with van der Waals surface area (Å²) in [5.41, 5.74) is 3.49. The van der Waals surface area contributed by atoms with Crippen LogP contribution in [0.2, 0.25) is 0 Å². The summed E-state index contributed by atoms with van der Waals surface area (Å²) >= 11 is 1.81. The normalized spacial score (nSPS) is 12.6. The Kier molecular flexibility index (Phi) is 4.50. The van der Waals surface area contributed by atoms with Gasteiger partial charge in [0.2, 0.25) is 0 Å². The largest absolute Gasteiger partial charge is 0.306 e. The Morgan fingerprint density at radius 2 is 2.00 bits per heavy atom. The minimum Gasteiger partial charge on any atom is -0.306 e. The number of hydrogen-bond acceptors (Lipinski definition) is 3. The van der Waals surface area contributed by atoms with Gasteiger partial charge in [-0.25, -0.2) is 0 Å². The highest BCUT2D eigenvalue weighted by atomic mass is 32.1. The van der Waals surface area contributed by atoms with Gasteiger partial charge in [0.15, 0.2) is 0 Å². The van der Waals surface area contributed by atoms with Crippen LogP contribution in [0.1, 0.15) is 41.2 Å². The maximum Gasteiger partial charge on any atom is 0.0672 e. The highest BCUT2D eigenvalue weighted by Gasteiger charge is 2.15. The Labute approximate surface area is 113 Å². The fraction of sp³-hybridized carbons (Fsp3) is 0.400. The summed E-state index contributed by atoms with van der Waals surface area (Å²) in [6, 6.07) is 8.97. The molecule has 0 bridgehead atoms. The molecule has 2 aromatic rings. The van der Waals surface area contributed by atoms with Gasteiger partial charge in [0, 0.05) is 16.3 Å². The number of nitrogens with zero attached hydrogens (tertiary/aromatic N) is 1. The van der Waals surface area contributed by atoms with Gasteiger partial charge in [-0.15, -0.1) is 11.3 Å². The molecule has 1 N–H and O–H groups in total. The monoisotopic (exact) mass is 260 g/mol. The van der Waals surface area contributed by atoms with E-state index in [1.54, 1.807) is 11.3 Å². The van der Waals surface area contributed by atoms with Crippen molar-refractivity contribution in [3.05, 3.63) is 51.5 Å². The third-order valence-electron chi connectivity index (χ3n) is 2.86. The molecule has 1 atom stereocenters. The van der Waals surface area contributed by atoms with Crippen molar-refractivity contribution in [3.63, 3.8) is 0 Å². The molecule has 1 unspecified atom stereocenters. The lowest BCUT2D eigenvalue weighted by atomic mass is 10.0. The molecule has 96 valence electrons. The van der Waals surface area contributed by atoms with Gasteiger partial charge in [-0.1, -0.05) is 13.0 Å². The van der Waals surface area contributed by atoms with Crippen LogP contribution >= 0.6 is 11.3 Å². The molecule has 0 aliphatic rings. The number of pyridine rings is 1. The predicted octanol–water partition coefficient (Wildman–Crippen LogP) is 3.85. The molecule has 2 heterocycles. The van der Waals surface area contributed by atoms with Crippen LogP contribution in [-0.2, 0) is 0 Å². The van der Waals surface area contributed by atoms with Crippen molar-refractivity contribution in [3.8, 4) is 0 Å². The van der Waals surface area contributed by atoms with Gasteiger partial charge >= 0.3 is 0 Å². The topological polar surface area (TPSA) is 24.9 Å². The van der Waals surface area contributed by atoms with Crippen LogP contribution in [0.3, 0.4) is 0 Å². The predicted molar refractivity (Wildman–Crippen MR) is 78.2 cm³/mol. The Hall–Kier alpha value is -1.19. The lowest BCUT2D eigenvalue weighted by Crippen LogP contribution is -2.22. The molecule has 0 amide bonds. The first-order valence-corrected chi connectivity index (χ1v) is 7.30. The van der Waals surface area contributed by atoms with Gasteiger partial charge in [0.05, 0.1) is 6.04 Å². The number of hydrogen-bond donors (Lipinski definition) is 1. The zero-order chi connectivity index (χ0) is 13.0. The van der Waals surface area contributed by atoms with E-state index in [4.69, 9.17) is 0 Å². The maximum atomic E-state index is 4.45. The van der Waals surface area contributed by atoms with E-state index in [2.05, 4.69) is 60.7 Å². The molecule has 0 fully saturated rings. The lowest BCUT2D eigenvalue weighted by molar-refractivity contribution is 0.604. The molecular formula is C15H20N2S. The lowest BCUT2D eigenvalue weighted by Gasteiger charge is -2.18. The van der Waals surface area contributed by atoms with Crippen LogP contribution in [0.4, 0.5) is 0 Å². The fourth-order valence-corrected chi connectivity index (χ4v) is 2.99. The average Bonchev–Trinajstić information content (AvgIpc) is 2.82. The summed E-state index contributed by atoms with van der Waals surface area (Å²) in [6.07, 6.45) is 1.14. The number of rotatable bonds is 5. The summed E-state index contributed by atoms with van der Waals surface area (Å²) in [4.78, 5) is 5.82. The molecule has 2 aromatic heterocycles. The van der Waals surface area contributed by atoms with E-state index in [-0.39, 0.29) is 0 Å². The molecule has 0 radical (unpaired) electrons.